The van der Waals surface area contributed by atoms with Gasteiger partial charge in [-0.2, -0.15) is 0 Å². The van der Waals surface area contributed by atoms with Crippen molar-refractivity contribution in [2.45, 2.75) is 121 Å². The lowest BCUT2D eigenvalue weighted by Crippen LogP contribution is -2.87. The molecule has 0 amide bonds. The Hall–Kier alpha value is -1.56. The van der Waals surface area contributed by atoms with Crippen molar-refractivity contribution in [2.24, 2.45) is 0 Å². The van der Waals surface area contributed by atoms with E-state index >= 15 is 0 Å². The highest BCUT2D eigenvalue weighted by Gasteiger charge is 2.80. The van der Waals surface area contributed by atoms with E-state index in [-0.39, 0.29) is 19.3 Å². The van der Waals surface area contributed by atoms with E-state index in [0.29, 0.717) is 19.3 Å². The average molecular weight is 475 g/mol. The number of carbonyl (C=O) groups excluding carboxylic acids is 4. The first-order chi connectivity index (χ1) is 15.3. The molecule has 0 radical (unpaired) electrons. The van der Waals surface area contributed by atoms with Crippen LogP contribution >= 0.6 is 0 Å². The second-order valence-electron chi connectivity index (χ2n) is 8.79. The summed E-state index contributed by atoms with van der Waals surface area (Å²) >= 11 is 0. The summed E-state index contributed by atoms with van der Waals surface area (Å²) in [5.74, 6) is -4.66. The Bertz CT molecular complexity index is 737. The van der Waals surface area contributed by atoms with E-state index in [1.807, 2.05) is 0 Å². The van der Waals surface area contributed by atoms with E-state index in [0.717, 1.165) is 6.92 Å². The normalized spacial score (nSPS) is 32.9. The van der Waals surface area contributed by atoms with Gasteiger partial charge in [0.15, 0.2) is 35.0 Å². The number of hydrogen-bond donors (Lipinski definition) is 5. The minimum atomic E-state index is -3.57. The Morgan fingerprint density at radius 3 is 1.58 bits per heavy atom. The van der Waals surface area contributed by atoms with Crippen LogP contribution in [-0.2, 0) is 23.9 Å². The Labute approximate surface area is 193 Å². The van der Waals surface area contributed by atoms with Crippen molar-refractivity contribution >= 4 is 23.1 Å². The lowest BCUT2D eigenvalue weighted by atomic mass is 9.58. The smallest absolute Gasteiger partial charge is 0.213 e. The SMILES string of the molecule is CCCCC(=O)[C@]1(O)[C@@](O)(C(=O)CCCC)[C@@H](C(O)C(C)=O)OC(O)[C@@]1(O)C(=O)CCCC. The highest BCUT2D eigenvalue weighted by atomic mass is 16.7. The first kappa shape index (κ1) is 29.5. The van der Waals surface area contributed by atoms with Gasteiger partial charge in [-0.1, -0.05) is 40.0 Å². The maximum atomic E-state index is 13.3. The van der Waals surface area contributed by atoms with Gasteiger partial charge in [0, 0.05) is 19.3 Å². The first-order valence-electron chi connectivity index (χ1n) is 11.6. The van der Waals surface area contributed by atoms with Crippen LogP contribution in [0.4, 0.5) is 0 Å². The predicted octanol–water partition coefficient (Wildman–Crippen LogP) is 0.125. The molecule has 1 fully saturated rings. The van der Waals surface area contributed by atoms with Gasteiger partial charge in [0.25, 0.3) is 0 Å². The predicted molar refractivity (Wildman–Crippen MR) is 116 cm³/mol. The first-order valence-corrected chi connectivity index (χ1v) is 11.6. The summed E-state index contributed by atoms with van der Waals surface area (Å²) < 4.78 is 5.12. The Morgan fingerprint density at radius 2 is 1.18 bits per heavy atom. The lowest BCUT2D eigenvalue weighted by molar-refractivity contribution is -0.365. The van der Waals surface area contributed by atoms with Gasteiger partial charge in [0.1, 0.15) is 12.2 Å². The molecule has 10 heteroatoms. The van der Waals surface area contributed by atoms with E-state index in [4.69, 9.17) is 4.74 Å². The summed E-state index contributed by atoms with van der Waals surface area (Å²) in [6, 6.07) is 0. The maximum absolute atomic E-state index is 13.3. The zero-order chi connectivity index (χ0) is 25.6. The van der Waals surface area contributed by atoms with Gasteiger partial charge >= 0.3 is 0 Å². The monoisotopic (exact) mass is 474 g/mol. The van der Waals surface area contributed by atoms with Crippen molar-refractivity contribution in [3.63, 3.8) is 0 Å². The molecule has 0 bridgehead atoms. The number of carbonyl (C=O) groups is 4. The Kier molecular flexibility index (Phi) is 10.5. The molecule has 1 saturated heterocycles. The van der Waals surface area contributed by atoms with Crippen molar-refractivity contribution in [1.82, 2.24) is 0 Å². The molecule has 1 heterocycles. The van der Waals surface area contributed by atoms with Crippen molar-refractivity contribution in [2.75, 3.05) is 0 Å². The molecule has 6 atom stereocenters. The van der Waals surface area contributed by atoms with Crippen LogP contribution in [0.2, 0.25) is 0 Å². The average Bonchev–Trinajstić information content (AvgIpc) is 2.79. The van der Waals surface area contributed by atoms with Gasteiger partial charge in [0.05, 0.1) is 0 Å². The molecule has 5 N–H and O–H groups in total. The number of unbranched alkanes of at least 4 members (excludes halogenated alkanes) is 3. The van der Waals surface area contributed by atoms with Crippen molar-refractivity contribution in [1.29, 1.82) is 0 Å². The summed E-state index contributed by atoms with van der Waals surface area (Å²) in [6.07, 6.45) is -6.36. The molecular formula is C23H38O10. The molecular weight excluding hydrogens is 436 g/mol. The molecule has 10 nitrogen and oxygen atoms in total. The van der Waals surface area contributed by atoms with Gasteiger partial charge < -0.3 is 30.3 Å². The fourth-order valence-corrected chi connectivity index (χ4v) is 4.23. The molecule has 33 heavy (non-hydrogen) atoms. The molecule has 0 saturated carbocycles. The molecule has 1 aliphatic rings. The third-order valence-electron chi connectivity index (χ3n) is 6.38. The van der Waals surface area contributed by atoms with Crippen LogP contribution in [0.25, 0.3) is 0 Å². The molecule has 1 aliphatic heterocycles. The largest absolute Gasteiger partial charge is 0.382 e. The molecule has 0 spiro atoms. The van der Waals surface area contributed by atoms with E-state index in [1.165, 1.54) is 0 Å². The number of aliphatic hydroxyl groups is 5. The molecule has 190 valence electrons. The van der Waals surface area contributed by atoms with Crippen LogP contribution in [0, 0.1) is 0 Å². The Morgan fingerprint density at radius 1 is 0.788 bits per heavy atom. The summed E-state index contributed by atoms with van der Waals surface area (Å²) in [4.78, 5) is 51.6. The molecule has 2 unspecified atom stereocenters. The van der Waals surface area contributed by atoms with Crippen LogP contribution in [0.5, 0.6) is 0 Å². The highest BCUT2D eigenvalue weighted by molar-refractivity contribution is 6.07. The molecule has 1 rings (SSSR count). The summed E-state index contributed by atoms with van der Waals surface area (Å²) in [7, 11) is 0. The summed E-state index contributed by atoms with van der Waals surface area (Å²) in [6.45, 7) is 6.13. The second-order valence-corrected chi connectivity index (χ2v) is 8.79. The number of ketones is 4. The minimum absolute atomic E-state index is 0.177. The number of ether oxygens (including phenoxy) is 1. The number of aliphatic hydroxyl groups excluding tert-OH is 2. The fourth-order valence-electron chi connectivity index (χ4n) is 4.23. The lowest BCUT2D eigenvalue weighted by Gasteiger charge is -2.57. The fraction of sp³-hybridized carbons (Fsp3) is 0.826. The second kappa shape index (κ2) is 11.7. The van der Waals surface area contributed by atoms with E-state index < -0.39 is 77.7 Å². The van der Waals surface area contributed by atoms with Crippen molar-refractivity contribution < 1.29 is 49.4 Å². The van der Waals surface area contributed by atoms with Crippen LogP contribution in [0.3, 0.4) is 0 Å². The minimum Gasteiger partial charge on any atom is -0.382 e. The van der Waals surface area contributed by atoms with Crippen molar-refractivity contribution in [3.05, 3.63) is 0 Å². The molecule has 0 aromatic carbocycles. The molecule has 0 aromatic rings. The van der Waals surface area contributed by atoms with Gasteiger partial charge in [-0.3, -0.25) is 19.2 Å². The number of Topliss-reactive ketones (excluding diaryl/α,β-unsaturated/α-hetero) is 4. The van der Waals surface area contributed by atoms with Gasteiger partial charge in [-0.15, -0.1) is 0 Å². The van der Waals surface area contributed by atoms with E-state index in [2.05, 4.69) is 0 Å². The van der Waals surface area contributed by atoms with Crippen LogP contribution < -0.4 is 0 Å². The standard InChI is InChI=1S/C23H38O10/c1-5-8-11-15(25)21(30)19(18(28)14(4)24)33-20(29)22(31,16(26)12-9-6-2)23(21,32)17(27)13-10-7-3/h18-20,28-32H,5-13H2,1-4H3/t18?,19-,20?,21-,22+,23+/m1/s1. The Balaban J connectivity index is 3.91. The zero-order valence-corrected chi connectivity index (χ0v) is 19.9. The van der Waals surface area contributed by atoms with E-state index in [9.17, 15) is 44.7 Å². The quantitative estimate of drug-likeness (QED) is 0.232. The van der Waals surface area contributed by atoms with Crippen LogP contribution in [-0.4, -0.2) is 84.0 Å². The third kappa shape index (κ3) is 4.96. The van der Waals surface area contributed by atoms with Crippen LogP contribution in [0.15, 0.2) is 0 Å². The highest BCUT2D eigenvalue weighted by Crippen LogP contribution is 2.48. The molecule has 0 aromatic heterocycles. The zero-order valence-electron chi connectivity index (χ0n) is 19.9. The topological polar surface area (TPSA) is 179 Å². The van der Waals surface area contributed by atoms with E-state index in [1.54, 1.807) is 20.8 Å². The number of rotatable bonds is 14. The summed E-state index contributed by atoms with van der Waals surface area (Å²) in [5.41, 5.74) is -10.4. The van der Waals surface area contributed by atoms with Gasteiger partial charge in [-0.05, 0) is 26.2 Å². The third-order valence-corrected chi connectivity index (χ3v) is 6.38. The van der Waals surface area contributed by atoms with Gasteiger partial charge in [0.2, 0.25) is 11.2 Å². The number of hydrogen-bond acceptors (Lipinski definition) is 10. The molecule has 0 aliphatic carbocycles. The maximum Gasteiger partial charge on any atom is 0.213 e. The summed E-state index contributed by atoms with van der Waals surface area (Å²) in [5, 5.41) is 55.9. The van der Waals surface area contributed by atoms with Gasteiger partial charge in [-0.25, -0.2) is 0 Å². The van der Waals surface area contributed by atoms with Crippen molar-refractivity contribution in [3.8, 4) is 0 Å². The van der Waals surface area contributed by atoms with Crippen LogP contribution in [0.1, 0.15) is 85.5 Å².